The predicted octanol–water partition coefficient (Wildman–Crippen LogP) is 3.43. The molecule has 76 valence electrons. The van der Waals surface area contributed by atoms with Gasteiger partial charge in [-0.15, -0.1) is 0 Å². The molecule has 1 aromatic heterocycles. The van der Waals surface area contributed by atoms with Crippen LogP contribution in [0.3, 0.4) is 0 Å². The summed E-state index contributed by atoms with van der Waals surface area (Å²) in [7, 11) is 0. The maximum Gasteiger partial charge on any atom is 0.193 e. The molecule has 0 aliphatic rings. The van der Waals surface area contributed by atoms with Gasteiger partial charge >= 0.3 is 0 Å². The second kappa shape index (κ2) is 3.95. The average Bonchev–Trinajstić information content (AvgIpc) is 2.67. The van der Waals surface area contributed by atoms with E-state index in [1.807, 2.05) is 5.38 Å². The number of thiophene rings is 1. The zero-order chi connectivity index (χ0) is 10.8. The van der Waals surface area contributed by atoms with Crippen molar-refractivity contribution in [1.29, 1.82) is 0 Å². The number of rotatable bonds is 2. The van der Waals surface area contributed by atoms with Crippen LogP contribution in [0.5, 0.6) is 0 Å². The van der Waals surface area contributed by atoms with Crippen molar-refractivity contribution in [1.82, 2.24) is 0 Å². The maximum absolute atomic E-state index is 13.1. The highest BCUT2D eigenvalue weighted by molar-refractivity contribution is 7.08. The molecule has 0 spiro atoms. The SMILES string of the molecule is Cc1cc(F)cc(C(=O)c2ccsc2)c1. The highest BCUT2D eigenvalue weighted by Crippen LogP contribution is 2.15. The molecule has 0 bridgehead atoms. The fraction of sp³-hybridized carbons (Fsp3) is 0.0833. The van der Waals surface area contributed by atoms with Gasteiger partial charge in [-0.3, -0.25) is 4.79 Å². The van der Waals surface area contributed by atoms with E-state index in [1.165, 1.54) is 23.5 Å². The molecule has 0 unspecified atom stereocenters. The number of hydrogen-bond acceptors (Lipinski definition) is 2. The summed E-state index contributed by atoms with van der Waals surface area (Å²) in [6.07, 6.45) is 0. The molecule has 1 aromatic carbocycles. The van der Waals surface area contributed by atoms with Crippen molar-refractivity contribution in [3.63, 3.8) is 0 Å². The average molecular weight is 220 g/mol. The largest absolute Gasteiger partial charge is 0.289 e. The van der Waals surface area contributed by atoms with Crippen LogP contribution >= 0.6 is 11.3 Å². The van der Waals surface area contributed by atoms with Crippen molar-refractivity contribution >= 4 is 17.1 Å². The quantitative estimate of drug-likeness (QED) is 0.709. The predicted molar refractivity (Wildman–Crippen MR) is 58.9 cm³/mol. The van der Waals surface area contributed by atoms with Gasteiger partial charge < -0.3 is 0 Å². The second-order valence-corrected chi connectivity index (χ2v) is 4.14. The summed E-state index contributed by atoms with van der Waals surface area (Å²) in [5, 5.41) is 3.60. The van der Waals surface area contributed by atoms with Gasteiger partial charge in [0.25, 0.3) is 0 Å². The Labute approximate surface area is 91.2 Å². The maximum atomic E-state index is 13.1. The van der Waals surface area contributed by atoms with Gasteiger partial charge in [-0.1, -0.05) is 0 Å². The van der Waals surface area contributed by atoms with E-state index in [0.29, 0.717) is 11.1 Å². The molecule has 3 heteroatoms. The number of ketones is 1. The Hall–Kier alpha value is -1.48. The summed E-state index contributed by atoms with van der Waals surface area (Å²) < 4.78 is 13.1. The zero-order valence-corrected chi connectivity index (χ0v) is 8.98. The van der Waals surface area contributed by atoms with Crippen molar-refractivity contribution in [3.8, 4) is 0 Å². The van der Waals surface area contributed by atoms with Crippen LogP contribution < -0.4 is 0 Å². The molecule has 0 saturated heterocycles. The molecular weight excluding hydrogens is 211 g/mol. The van der Waals surface area contributed by atoms with Crippen molar-refractivity contribution in [2.75, 3.05) is 0 Å². The summed E-state index contributed by atoms with van der Waals surface area (Å²) >= 11 is 1.46. The summed E-state index contributed by atoms with van der Waals surface area (Å²) in [5.41, 5.74) is 1.78. The summed E-state index contributed by atoms with van der Waals surface area (Å²) in [5.74, 6) is -0.493. The third-order valence-corrected chi connectivity index (χ3v) is 2.77. The molecule has 1 nitrogen and oxygen atoms in total. The van der Waals surface area contributed by atoms with Gasteiger partial charge in [0, 0.05) is 16.5 Å². The van der Waals surface area contributed by atoms with Gasteiger partial charge in [-0.05, 0) is 42.1 Å². The van der Waals surface area contributed by atoms with E-state index in [-0.39, 0.29) is 11.6 Å². The Bertz CT molecular complexity index is 468. The Morgan fingerprint density at radius 3 is 2.67 bits per heavy atom. The Balaban J connectivity index is 2.42. The lowest BCUT2D eigenvalue weighted by Crippen LogP contribution is -2.00. The Kier molecular flexibility index (Phi) is 2.64. The number of halogens is 1. The van der Waals surface area contributed by atoms with E-state index in [1.54, 1.807) is 24.4 Å². The molecule has 2 rings (SSSR count). The first-order chi connectivity index (χ1) is 7.16. The molecule has 0 fully saturated rings. The monoisotopic (exact) mass is 220 g/mol. The highest BCUT2D eigenvalue weighted by atomic mass is 32.1. The van der Waals surface area contributed by atoms with Gasteiger partial charge in [0.1, 0.15) is 5.82 Å². The van der Waals surface area contributed by atoms with Crippen molar-refractivity contribution in [2.24, 2.45) is 0 Å². The first-order valence-corrected chi connectivity index (χ1v) is 5.45. The van der Waals surface area contributed by atoms with Crippen molar-refractivity contribution < 1.29 is 9.18 Å². The van der Waals surface area contributed by atoms with Crippen LogP contribution in [0.4, 0.5) is 4.39 Å². The summed E-state index contributed by atoms with van der Waals surface area (Å²) in [6, 6.07) is 6.12. The lowest BCUT2D eigenvalue weighted by Gasteiger charge is -2.00. The third-order valence-electron chi connectivity index (χ3n) is 2.09. The van der Waals surface area contributed by atoms with Crippen molar-refractivity contribution in [3.05, 3.63) is 57.5 Å². The second-order valence-electron chi connectivity index (χ2n) is 3.36. The third kappa shape index (κ3) is 2.13. The molecule has 0 N–H and O–H groups in total. The highest BCUT2D eigenvalue weighted by Gasteiger charge is 2.10. The van der Waals surface area contributed by atoms with Gasteiger partial charge in [0.05, 0.1) is 0 Å². The molecule has 2 aromatic rings. The molecule has 1 heterocycles. The fourth-order valence-electron chi connectivity index (χ4n) is 1.43. The normalized spacial score (nSPS) is 10.3. The molecule has 0 saturated carbocycles. The number of benzene rings is 1. The van der Waals surface area contributed by atoms with Gasteiger partial charge in [0.2, 0.25) is 0 Å². The molecule has 0 aliphatic carbocycles. The number of hydrogen-bond donors (Lipinski definition) is 0. The Morgan fingerprint density at radius 1 is 1.27 bits per heavy atom. The summed E-state index contributed by atoms with van der Waals surface area (Å²) in [4.78, 5) is 11.9. The van der Waals surface area contributed by atoms with E-state index in [9.17, 15) is 9.18 Å². The smallest absolute Gasteiger partial charge is 0.193 e. The van der Waals surface area contributed by atoms with Crippen LogP contribution in [-0.4, -0.2) is 5.78 Å². The van der Waals surface area contributed by atoms with Gasteiger partial charge in [-0.2, -0.15) is 11.3 Å². The minimum atomic E-state index is -0.367. The van der Waals surface area contributed by atoms with Crippen molar-refractivity contribution in [2.45, 2.75) is 6.92 Å². The van der Waals surface area contributed by atoms with E-state index >= 15 is 0 Å². The van der Waals surface area contributed by atoms with E-state index in [0.717, 1.165) is 5.56 Å². The first kappa shape index (κ1) is 10.1. The van der Waals surface area contributed by atoms with Gasteiger partial charge in [0.15, 0.2) is 5.78 Å². The standard InChI is InChI=1S/C12H9FOS/c1-8-4-10(6-11(13)5-8)12(14)9-2-3-15-7-9/h2-7H,1H3. The lowest BCUT2D eigenvalue weighted by molar-refractivity contribution is 0.103. The lowest BCUT2D eigenvalue weighted by atomic mass is 10.0. The van der Waals surface area contributed by atoms with E-state index < -0.39 is 0 Å². The molecule has 0 radical (unpaired) electrons. The topological polar surface area (TPSA) is 17.1 Å². The van der Waals surface area contributed by atoms with Crippen LogP contribution in [0.25, 0.3) is 0 Å². The first-order valence-electron chi connectivity index (χ1n) is 4.51. The van der Waals surface area contributed by atoms with E-state index in [2.05, 4.69) is 0 Å². The number of carbonyl (C=O) groups is 1. The van der Waals surface area contributed by atoms with E-state index in [4.69, 9.17) is 0 Å². The minimum Gasteiger partial charge on any atom is -0.289 e. The molecule has 15 heavy (non-hydrogen) atoms. The Morgan fingerprint density at radius 2 is 2.07 bits per heavy atom. The number of aryl methyl sites for hydroxylation is 1. The van der Waals surface area contributed by atoms with Crippen LogP contribution in [0, 0.1) is 12.7 Å². The molecule has 0 aliphatic heterocycles. The fourth-order valence-corrected chi connectivity index (χ4v) is 2.06. The van der Waals surface area contributed by atoms with Crippen LogP contribution in [0.2, 0.25) is 0 Å². The molecule has 0 amide bonds. The van der Waals surface area contributed by atoms with Crippen LogP contribution in [-0.2, 0) is 0 Å². The zero-order valence-electron chi connectivity index (χ0n) is 8.16. The van der Waals surface area contributed by atoms with Gasteiger partial charge in [-0.25, -0.2) is 4.39 Å². The molecular formula is C12H9FOS. The van der Waals surface area contributed by atoms with Crippen LogP contribution in [0.1, 0.15) is 21.5 Å². The summed E-state index contributed by atoms with van der Waals surface area (Å²) in [6.45, 7) is 1.77. The van der Waals surface area contributed by atoms with Crippen LogP contribution in [0.15, 0.2) is 35.0 Å². The molecule has 0 atom stereocenters. The minimum absolute atomic E-state index is 0.126. The number of carbonyl (C=O) groups excluding carboxylic acids is 1.